The smallest absolute Gasteiger partial charge is 0.315 e. The van der Waals surface area contributed by atoms with Crippen LogP contribution in [0.25, 0.3) is 0 Å². The van der Waals surface area contributed by atoms with Gasteiger partial charge in [-0.3, -0.25) is 4.79 Å². The second-order valence-electron chi connectivity index (χ2n) is 7.86. The SMILES string of the molecule is CCCCCCCCOc1cccc(N2C=C(OC(=O)C(CC)CCC)N=CC2)c1. The topological polar surface area (TPSA) is 51.1 Å². The molecule has 0 amide bonds. The third-order valence-corrected chi connectivity index (χ3v) is 5.35. The molecule has 1 unspecified atom stereocenters. The van der Waals surface area contributed by atoms with Crippen molar-refractivity contribution in [1.82, 2.24) is 0 Å². The Kier molecular flexibility index (Phi) is 11.1. The molecule has 1 aliphatic heterocycles. The van der Waals surface area contributed by atoms with Crippen LogP contribution in [0.3, 0.4) is 0 Å². The van der Waals surface area contributed by atoms with Crippen molar-refractivity contribution in [3.05, 3.63) is 36.3 Å². The number of aliphatic imine (C=N–C) groups is 1. The van der Waals surface area contributed by atoms with E-state index in [0.29, 0.717) is 12.4 Å². The van der Waals surface area contributed by atoms with Crippen molar-refractivity contribution in [2.45, 2.75) is 78.6 Å². The number of ether oxygens (including phenoxy) is 2. The van der Waals surface area contributed by atoms with Crippen molar-refractivity contribution in [2.24, 2.45) is 10.9 Å². The average Bonchev–Trinajstić information content (AvgIpc) is 2.77. The lowest BCUT2D eigenvalue weighted by Crippen LogP contribution is -2.24. The molecule has 1 aromatic carbocycles. The molecular formula is C25H38N2O3. The number of hydrogen-bond acceptors (Lipinski definition) is 5. The normalized spacial score (nSPS) is 14.4. The highest BCUT2D eigenvalue weighted by molar-refractivity contribution is 5.75. The highest BCUT2D eigenvalue weighted by atomic mass is 16.5. The standard InChI is InChI=1S/C25H38N2O3/c1-4-7-8-9-10-11-18-29-23-15-12-14-22(19-23)27-17-16-26-24(20-27)30-25(28)21(6-3)13-5-2/h12,14-16,19-21H,4-11,13,17-18H2,1-3H3. The first-order valence-electron chi connectivity index (χ1n) is 11.6. The molecule has 5 heteroatoms. The van der Waals surface area contributed by atoms with E-state index in [4.69, 9.17) is 9.47 Å². The Morgan fingerprint density at radius 2 is 1.90 bits per heavy atom. The maximum absolute atomic E-state index is 12.4. The van der Waals surface area contributed by atoms with E-state index in [9.17, 15) is 4.79 Å². The van der Waals surface area contributed by atoms with E-state index in [0.717, 1.165) is 43.7 Å². The van der Waals surface area contributed by atoms with E-state index < -0.39 is 0 Å². The first kappa shape index (κ1) is 24.0. The number of hydrogen-bond donors (Lipinski definition) is 0. The second kappa shape index (κ2) is 13.8. The van der Waals surface area contributed by atoms with Crippen LogP contribution in [0, 0.1) is 5.92 Å². The van der Waals surface area contributed by atoms with Crippen LogP contribution in [0.2, 0.25) is 0 Å². The van der Waals surface area contributed by atoms with Gasteiger partial charge in [0.1, 0.15) is 5.75 Å². The minimum absolute atomic E-state index is 0.0693. The van der Waals surface area contributed by atoms with Crippen LogP contribution in [-0.4, -0.2) is 25.3 Å². The van der Waals surface area contributed by atoms with Crippen molar-refractivity contribution in [3.63, 3.8) is 0 Å². The zero-order valence-electron chi connectivity index (χ0n) is 18.9. The fraction of sp³-hybridized carbons (Fsp3) is 0.600. The van der Waals surface area contributed by atoms with Gasteiger partial charge in [-0.05, 0) is 31.4 Å². The van der Waals surface area contributed by atoms with Crippen LogP contribution in [0.1, 0.15) is 78.6 Å². The number of rotatable bonds is 14. The molecule has 166 valence electrons. The van der Waals surface area contributed by atoms with Crippen molar-refractivity contribution in [2.75, 3.05) is 18.1 Å². The highest BCUT2D eigenvalue weighted by Crippen LogP contribution is 2.24. The largest absolute Gasteiger partial charge is 0.494 e. The van der Waals surface area contributed by atoms with Gasteiger partial charge in [-0.1, -0.05) is 65.4 Å². The molecule has 0 fully saturated rings. The van der Waals surface area contributed by atoms with Crippen LogP contribution in [0.15, 0.2) is 41.3 Å². The molecule has 0 radical (unpaired) electrons. The van der Waals surface area contributed by atoms with Crippen LogP contribution >= 0.6 is 0 Å². The molecule has 0 aromatic heterocycles. The summed E-state index contributed by atoms with van der Waals surface area (Å²) in [5.41, 5.74) is 0.996. The van der Waals surface area contributed by atoms with Crippen LogP contribution < -0.4 is 9.64 Å². The summed E-state index contributed by atoms with van der Waals surface area (Å²) in [5, 5.41) is 0. The Hall–Kier alpha value is -2.30. The molecule has 0 bridgehead atoms. The third kappa shape index (κ3) is 8.21. The number of esters is 1. The van der Waals surface area contributed by atoms with Crippen LogP contribution in [0.5, 0.6) is 5.75 Å². The van der Waals surface area contributed by atoms with Gasteiger partial charge in [0, 0.05) is 18.0 Å². The summed E-state index contributed by atoms with van der Waals surface area (Å²) >= 11 is 0. The molecule has 0 saturated carbocycles. The zero-order valence-corrected chi connectivity index (χ0v) is 18.9. The summed E-state index contributed by atoms with van der Waals surface area (Å²) in [5.74, 6) is 0.949. The number of anilines is 1. The lowest BCUT2D eigenvalue weighted by molar-refractivity contribution is -0.144. The van der Waals surface area contributed by atoms with Crippen LogP contribution in [-0.2, 0) is 9.53 Å². The molecule has 0 aliphatic carbocycles. The van der Waals surface area contributed by atoms with Crippen molar-refractivity contribution in [3.8, 4) is 5.75 Å². The van der Waals surface area contributed by atoms with Gasteiger partial charge in [0.2, 0.25) is 5.88 Å². The Balaban J connectivity index is 1.88. The first-order chi connectivity index (χ1) is 14.7. The Bertz CT molecular complexity index is 699. The lowest BCUT2D eigenvalue weighted by atomic mass is 10.0. The number of benzene rings is 1. The summed E-state index contributed by atoms with van der Waals surface area (Å²) in [7, 11) is 0. The zero-order chi connectivity index (χ0) is 21.6. The van der Waals surface area contributed by atoms with Gasteiger partial charge in [-0.2, -0.15) is 0 Å². The molecule has 1 aliphatic rings. The van der Waals surface area contributed by atoms with Gasteiger partial charge in [0.15, 0.2) is 0 Å². The van der Waals surface area contributed by atoms with Gasteiger partial charge in [-0.25, -0.2) is 4.99 Å². The Morgan fingerprint density at radius 3 is 2.67 bits per heavy atom. The van der Waals surface area contributed by atoms with Gasteiger partial charge in [-0.15, -0.1) is 0 Å². The molecule has 1 aromatic rings. The summed E-state index contributed by atoms with van der Waals surface area (Å²) in [6, 6.07) is 8.03. The summed E-state index contributed by atoms with van der Waals surface area (Å²) in [6.07, 6.45) is 13.7. The second-order valence-corrected chi connectivity index (χ2v) is 7.86. The van der Waals surface area contributed by atoms with Gasteiger partial charge in [0.05, 0.1) is 25.3 Å². The summed E-state index contributed by atoms with van der Waals surface area (Å²) < 4.78 is 11.5. The van der Waals surface area contributed by atoms with E-state index in [1.54, 1.807) is 12.4 Å². The Labute approximate surface area is 182 Å². The highest BCUT2D eigenvalue weighted by Gasteiger charge is 2.20. The maximum Gasteiger partial charge on any atom is 0.315 e. The minimum atomic E-state index is -0.194. The molecule has 5 nitrogen and oxygen atoms in total. The van der Waals surface area contributed by atoms with E-state index in [2.05, 4.69) is 18.8 Å². The average molecular weight is 415 g/mol. The molecular weight excluding hydrogens is 376 g/mol. The van der Waals surface area contributed by atoms with Gasteiger partial charge >= 0.3 is 5.97 Å². The van der Waals surface area contributed by atoms with Crippen molar-refractivity contribution < 1.29 is 14.3 Å². The molecule has 0 saturated heterocycles. The quantitative estimate of drug-likeness (QED) is 0.258. The van der Waals surface area contributed by atoms with E-state index in [-0.39, 0.29) is 11.9 Å². The van der Waals surface area contributed by atoms with E-state index >= 15 is 0 Å². The predicted octanol–water partition coefficient (Wildman–Crippen LogP) is 6.49. The summed E-state index contributed by atoms with van der Waals surface area (Å²) in [4.78, 5) is 18.7. The lowest BCUT2D eigenvalue weighted by Gasteiger charge is -2.23. The first-order valence-corrected chi connectivity index (χ1v) is 11.6. The van der Waals surface area contributed by atoms with Gasteiger partial charge < -0.3 is 14.4 Å². The molecule has 2 rings (SSSR count). The van der Waals surface area contributed by atoms with Gasteiger partial charge in [0.25, 0.3) is 0 Å². The molecule has 30 heavy (non-hydrogen) atoms. The monoisotopic (exact) mass is 414 g/mol. The molecule has 1 atom stereocenters. The molecule has 0 spiro atoms. The van der Waals surface area contributed by atoms with E-state index in [1.165, 1.54) is 32.1 Å². The Morgan fingerprint density at radius 1 is 1.10 bits per heavy atom. The van der Waals surface area contributed by atoms with Crippen molar-refractivity contribution in [1.29, 1.82) is 0 Å². The number of nitrogens with zero attached hydrogens (tertiary/aromatic N) is 2. The van der Waals surface area contributed by atoms with Crippen molar-refractivity contribution >= 4 is 17.9 Å². The maximum atomic E-state index is 12.4. The fourth-order valence-electron chi connectivity index (χ4n) is 3.52. The molecule has 0 N–H and O–H groups in total. The number of carbonyl (C=O) groups is 1. The number of carbonyl (C=O) groups excluding carboxylic acids is 1. The third-order valence-electron chi connectivity index (χ3n) is 5.35. The van der Waals surface area contributed by atoms with E-state index in [1.807, 2.05) is 36.1 Å². The van der Waals surface area contributed by atoms with Crippen LogP contribution in [0.4, 0.5) is 5.69 Å². The minimum Gasteiger partial charge on any atom is -0.494 e. The summed E-state index contributed by atoms with van der Waals surface area (Å²) in [6.45, 7) is 7.71. The number of unbranched alkanes of at least 4 members (excludes halogenated alkanes) is 5. The molecule has 1 heterocycles. The fourth-order valence-corrected chi connectivity index (χ4v) is 3.52. The predicted molar refractivity (Wildman–Crippen MR) is 124 cm³/mol.